The average Bonchev–Trinajstić information content (AvgIpc) is 2.39. The van der Waals surface area contributed by atoms with Crippen LogP contribution in [0.5, 0.6) is 0 Å². The Balaban J connectivity index is 2.43. The number of rotatable bonds is 8. The molecule has 1 aliphatic heterocycles. The lowest BCUT2D eigenvalue weighted by Gasteiger charge is -2.40. The summed E-state index contributed by atoms with van der Waals surface area (Å²) in [6.07, 6.45) is 10.3. The highest BCUT2D eigenvalue weighted by atomic mass is 16.4. The van der Waals surface area contributed by atoms with E-state index in [0.29, 0.717) is 0 Å². The highest BCUT2D eigenvalue weighted by molar-refractivity contribution is 5.78. The molecule has 1 atom stereocenters. The molecule has 0 aliphatic carbocycles. The first-order valence-corrected chi connectivity index (χ1v) is 7.59. The molecule has 0 aromatic rings. The summed E-state index contributed by atoms with van der Waals surface area (Å²) in [5.74, 6) is -0.639. The van der Waals surface area contributed by atoms with Gasteiger partial charge in [-0.3, -0.25) is 9.69 Å². The summed E-state index contributed by atoms with van der Waals surface area (Å²) >= 11 is 0. The van der Waals surface area contributed by atoms with Gasteiger partial charge in [-0.25, -0.2) is 0 Å². The second-order valence-electron chi connectivity index (χ2n) is 5.79. The number of hydrogen-bond donors (Lipinski definition) is 1. The zero-order chi connectivity index (χ0) is 13.4. The van der Waals surface area contributed by atoms with Crippen LogP contribution in [0.15, 0.2) is 0 Å². The molecule has 0 radical (unpaired) electrons. The van der Waals surface area contributed by atoms with Gasteiger partial charge in [0.15, 0.2) is 0 Å². The normalized spacial score (nSPS) is 20.6. The molecule has 0 aromatic heterocycles. The van der Waals surface area contributed by atoms with E-state index in [4.69, 9.17) is 0 Å². The van der Waals surface area contributed by atoms with Crippen LogP contribution in [0.2, 0.25) is 0 Å². The summed E-state index contributed by atoms with van der Waals surface area (Å²) in [5, 5.41) is 9.55. The molecule has 3 nitrogen and oxygen atoms in total. The molecule has 0 amide bonds. The molecule has 0 aromatic carbocycles. The minimum Gasteiger partial charge on any atom is -0.480 e. The Labute approximate surface area is 112 Å². The van der Waals surface area contributed by atoms with Crippen molar-refractivity contribution in [2.24, 2.45) is 0 Å². The van der Waals surface area contributed by atoms with Gasteiger partial charge in [0.25, 0.3) is 0 Å². The molecule has 1 N–H and O–H groups in total. The lowest BCUT2D eigenvalue weighted by Crippen LogP contribution is -2.54. The van der Waals surface area contributed by atoms with Crippen LogP contribution in [0.3, 0.4) is 0 Å². The molecule has 3 heteroatoms. The molecule has 1 aliphatic rings. The summed E-state index contributed by atoms with van der Waals surface area (Å²) in [6, 6.07) is 0. The zero-order valence-electron chi connectivity index (χ0n) is 12.1. The maximum absolute atomic E-state index is 11.6. The molecule has 1 fully saturated rings. The lowest BCUT2D eigenvalue weighted by molar-refractivity contribution is -0.152. The molecule has 0 saturated carbocycles. The van der Waals surface area contributed by atoms with Crippen molar-refractivity contribution in [1.82, 2.24) is 4.90 Å². The molecule has 0 bridgehead atoms. The summed E-state index contributed by atoms with van der Waals surface area (Å²) in [7, 11) is 0. The van der Waals surface area contributed by atoms with Crippen molar-refractivity contribution < 1.29 is 9.90 Å². The number of hydrogen-bond acceptors (Lipinski definition) is 2. The van der Waals surface area contributed by atoms with Crippen molar-refractivity contribution in [2.45, 2.75) is 77.2 Å². The number of carboxylic acid groups (broad SMARTS) is 1. The fourth-order valence-corrected chi connectivity index (χ4v) is 2.86. The van der Waals surface area contributed by atoms with Gasteiger partial charge in [0, 0.05) is 0 Å². The topological polar surface area (TPSA) is 40.5 Å². The molecule has 0 spiro atoms. The van der Waals surface area contributed by atoms with E-state index in [2.05, 4.69) is 11.8 Å². The molecule has 106 valence electrons. The average molecular weight is 255 g/mol. The van der Waals surface area contributed by atoms with Gasteiger partial charge in [0.2, 0.25) is 0 Å². The van der Waals surface area contributed by atoms with Crippen molar-refractivity contribution in [3.05, 3.63) is 0 Å². The van der Waals surface area contributed by atoms with Crippen molar-refractivity contribution in [2.75, 3.05) is 13.1 Å². The van der Waals surface area contributed by atoms with Gasteiger partial charge >= 0.3 is 5.97 Å². The molecule has 1 saturated heterocycles. The van der Waals surface area contributed by atoms with Crippen LogP contribution in [0.1, 0.15) is 71.6 Å². The van der Waals surface area contributed by atoms with E-state index in [0.717, 1.165) is 38.8 Å². The van der Waals surface area contributed by atoms with Gasteiger partial charge < -0.3 is 5.11 Å². The molecule has 1 unspecified atom stereocenters. The predicted molar refractivity (Wildman–Crippen MR) is 74.8 cm³/mol. The van der Waals surface area contributed by atoms with E-state index >= 15 is 0 Å². The first-order valence-electron chi connectivity index (χ1n) is 7.59. The monoisotopic (exact) mass is 255 g/mol. The van der Waals surface area contributed by atoms with E-state index < -0.39 is 11.5 Å². The van der Waals surface area contributed by atoms with Gasteiger partial charge in [-0.2, -0.15) is 0 Å². The lowest BCUT2D eigenvalue weighted by atomic mass is 9.90. The Morgan fingerprint density at radius 1 is 1.11 bits per heavy atom. The smallest absolute Gasteiger partial charge is 0.323 e. The number of piperidine rings is 1. The molecule has 1 heterocycles. The van der Waals surface area contributed by atoms with Gasteiger partial charge in [-0.1, -0.05) is 45.4 Å². The fourth-order valence-electron chi connectivity index (χ4n) is 2.86. The maximum Gasteiger partial charge on any atom is 0.323 e. The van der Waals surface area contributed by atoms with Gasteiger partial charge in [0.1, 0.15) is 5.54 Å². The van der Waals surface area contributed by atoms with Crippen molar-refractivity contribution >= 4 is 5.97 Å². The van der Waals surface area contributed by atoms with Crippen LogP contribution in [0.25, 0.3) is 0 Å². The van der Waals surface area contributed by atoms with Crippen LogP contribution in [-0.2, 0) is 4.79 Å². The highest BCUT2D eigenvalue weighted by Crippen LogP contribution is 2.27. The number of carboxylic acids is 1. The molecular weight excluding hydrogens is 226 g/mol. The van der Waals surface area contributed by atoms with Crippen LogP contribution in [0, 0.1) is 0 Å². The first-order chi connectivity index (χ1) is 8.61. The molecule has 18 heavy (non-hydrogen) atoms. The molecular formula is C15H29NO2. The number of carbonyl (C=O) groups is 1. The summed E-state index contributed by atoms with van der Waals surface area (Å²) in [6.45, 7) is 6.03. The Morgan fingerprint density at radius 3 is 2.28 bits per heavy atom. The van der Waals surface area contributed by atoms with Crippen molar-refractivity contribution in [1.29, 1.82) is 0 Å². The Morgan fingerprint density at radius 2 is 1.72 bits per heavy atom. The van der Waals surface area contributed by atoms with Crippen LogP contribution >= 0.6 is 0 Å². The Kier molecular flexibility index (Phi) is 6.69. The fraction of sp³-hybridized carbons (Fsp3) is 0.933. The summed E-state index contributed by atoms with van der Waals surface area (Å²) in [4.78, 5) is 13.8. The number of unbranched alkanes of at least 4 members (excludes halogenated alkanes) is 4. The third kappa shape index (κ3) is 4.27. The Hall–Kier alpha value is -0.570. The van der Waals surface area contributed by atoms with E-state index in [1.54, 1.807) is 0 Å². The standard InChI is InChI=1S/C15H29NO2/c1-3-4-5-6-8-11-15(2,14(17)18)16-12-9-7-10-13-16/h3-13H2,1-2H3,(H,17,18). The van der Waals surface area contributed by atoms with E-state index in [-0.39, 0.29) is 0 Å². The Bertz CT molecular complexity index is 249. The van der Waals surface area contributed by atoms with Gasteiger partial charge in [-0.15, -0.1) is 0 Å². The quantitative estimate of drug-likeness (QED) is 0.673. The largest absolute Gasteiger partial charge is 0.480 e. The predicted octanol–water partition coefficient (Wildman–Crippen LogP) is 3.68. The number of aliphatic carboxylic acids is 1. The van der Waals surface area contributed by atoms with Gasteiger partial charge in [-0.05, 0) is 39.3 Å². The minimum absolute atomic E-state index is 0.632. The van der Waals surface area contributed by atoms with E-state index in [1.165, 1.54) is 32.1 Å². The van der Waals surface area contributed by atoms with Gasteiger partial charge in [0.05, 0.1) is 0 Å². The zero-order valence-corrected chi connectivity index (χ0v) is 12.1. The summed E-state index contributed by atoms with van der Waals surface area (Å²) in [5.41, 5.74) is -0.632. The first kappa shape index (κ1) is 15.5. The van der Waals surface area contributed by atoms with Crippen molar-refractivity contribution in [3.8, 4) is 0 Å². The third-order valence-electron chi connectivity index (χ3n) is 4.28. The number of nitrogens with zero attached hydrogens (tertiary/aromatic N) is 1. The second kappa shape index (κ2) is 7.78. The summed E-state index contributed by atoms with van der Waals surface area (Å²) < 4.78 is 0. The molecule has 1 rings (SSSR count). The minimum atomic E-state index is -0.639. The van der Waals surface area contributed by atoms with Crippen molar-refractivity contribution in [3.63, 3.8) is 0 Å². The second-order valence-corrected chi connectivity index (χ2v) is 5.79. The van der Waals surface area contributed by atoms with E-state index in [9.17, 15) is 9.90 Å². The highest BCUT2D eigenvalue weighted by Gasteiger charge is 2.39. The maximum atomic E-state index is 11.6. The van der Waals surface area contributed by atoms with Crippen LogP contribution in [0.4, 0.5) is 0 Å². The number of likely N-dealkylation sites (tertiary alicyclic amines) is 1. The SMILES string of the molecule is CCCCCCCC(C)(C(=O)O)N1CCCCC1. The van der Waals surface area contributed by atoms with E-state index in [1.807, 2.05) is 6.92 Å². The van der Waals surface area contributed by atoms with Crippen LogP contribution < -0.4 is 0 Å². The third-order valence-corrected chi connectivity index (χ3v) is 4.28. The van der Waals surface area contributed by atoms with Crippen LogP contribution in [-0.4, -0.2) is 34.6 Å².